The molecule has 0 bridgehead atoms. The molecule has 2 aromatic carbocycles. The standard InChI is InChI=1S/C15H13NO3/c1-10-2-4-13(17)12(6-10)16-8-11-3-5-14-15(7-11)19-9-18-14/h2-8,17H,9H2,1H3. The Kier molecular flexibility index (Phi) is 2.83. The van der Waals surface area contributed by atoms with E-state index in [4.69, 9.17) is 9.47 Å². The SMILES string of the molecule is Cc1ccc(O)c(N=Cc2ccc3c(c2)OCO3)c1. The summed E-state index contributed by atoms with van der Waals surface area (Å²) < 4.78 is 10.5. The molecule has 4 heteroatoms. The lowest BCUT2D eigenvalue weighted by atomic mass is 10.2. The van der Waals surface area contributed by atoms with E-state index in [9.17, 15) is 5.11 Å². The van der Waals surface area contributed by atoms with Crippen LogP contribution in [-0.4, -0.2) is 18.1 Å². The summed E-state index contributed by atoms with van der Waals surface area (Å²) in [6, 6.07) is 10.9. The second-order valence-corrected chi connectivity index (χ2v) is 4.36. The summed E-state index contributed by atoms with van der Waals surface area (Å²) in [5.41, 5.74) is 2.50. The minimum absolute atomic E-state index is 0.169. The second-order valence-electron chi connectivity index (χ2n) is 4.36. The van der Waals surface area contributed by atoms with E-state index in [1.807, 2.05) is 37.3 Å². The van der Waals surface area contributed by atoms with Gasteiger partial charge < -0.3 is 14.6 Å². The normalized spacial score (nSPS) is 13.1. The highest BCUT2D eigenvalue weighted by Crippen LogP contribution is 2.32. The van der Waals surface area contributed by atoms with Gasteiger partial charge >= 0.3 is 0 Å². The van der Waals surface area contributed by atoms with Gasteiger partial charge in [0.2, 0.25) is 6.79 Å². The number of rotatable bonds is 2. The van der Waals surface area contributed by atoms with Crippen LogP contribution in [0.1, 0.15) is 11.1 Å². The second kappa shape index (κ2) is 4.65. The molecule has 3 rings (SSSR count). The van der Waals surface area contributed by atoms with Crippen LogP contribution in [0.5, 0.6) is 17.2 Å². The number of fused-ring (bicyclic) bond motifs is 1. The van der Waals surface area contributed by atoms with E-state index in [1.54, 1.807) is 12.3 Å². The molecule has 0 saturated heterocycles. The van der Waals surface area contributed by atoms with Gasteiger partial charge in [0, 0.05) is 6.21 Å². The summed E-state index contributed by atoms with van der Waals surface area (Å²) >= 11 is 0. The van der Waals surface area contributed by atoms with Gasteiger partial charge in [-0.1, -0.05) is 6.07 Å². The van der Waals surface area contributed by atoms with E-state index in [0.717, 1.165) is 22.6 Å². The van der Waals surface area contributed by atoms with Crippen LogP contribution in [0.4, 0.5) is 5.69 Å². The van der Waals surface area contributed by atoms with Crippen LogP contribution in [0.15, 0.2) is 41.4 Å². The summed E-state index contributed by atoms with van der Waals surface area (Å²) in [6.07, 6.45) is 1.69. The molecule has 0 fully saturated rings. The number of nitrogens with zero attached hydrogens (tertiary/aromatic N) is 1. The van der Waals surface area contributed by atoms with Crippen molar-refractivity contribution in [2.45, 2.75) is 6.92 Å². The molecule has 19 heavy (non-hydrogen) atoms. The minimum atomic E-state index is 0.169. The van der Waals surface area contributed by atoms with Crippen molar-refractivity contribution in [3.63, 3.8) is 0 Å². The van der Waals surface area contributed by atoms with Crippen molar-refractivity contribution in [1.82, 2.24) is 0 Å². The van der Waals surface area contributed by atoms with Crippen molar-refractivity contribution in [2.24, 2.45) is 4.99 Å². The highest BCUT2D eigenvalue weighted by molar-refractivity contribution is 5.83. The van der Waals surface area contributed by atoms with Crippen molar-refractivity contribution >= 4 is 11.9 Å². The molecule has 1 aliphatic rings. The summed E-state index contributed by atoms with van der Waals surface area (Å²) in [5, 5.41) is 9.71. The smallest absolute Gasteiger partial charge is 0.231 e. The molecule has 0 spiro atoms. The first kappa shape index (κ1) is 11.6. The molecule has 0 unspecified atom stereocenters. The van der Waals surface area contributed by atoms with Crippen LogP contribution in [0.2, 0.25) is 0 Å². The maximum absolute atomic E-state index is 9.71. The van der Waals surface area contributed by atoms with Crippen molar-refractivity contribution in [2.75, 3.05) is 6.79 Å². The summed E-state index contributed by atoms with van der Waals surface area (Å²) in [4.78, 5) is 4.29. The third kappa shape index (κ3) is 2.38. The predicted octanol–water partition coefficient (Wildman–Crippen LogP) is 3.18. The van der Waals surface area contributed by atoms with Gasteiger partial charge in [-0.3, -0.25) is 4.99 Å². The zero-order valence-electron chi connectivity index (χ0n) is 10.5. The largest absolute Gasteiger partial charge is 0.506 e. The van der Waals surface area contributed by atoms with E-state index in [2.05, 4.69) is 4.99 Å². The van der Waals surface area contributed by atoms with Crippen LogP contribution in [0.25, 0.3) is 0 Å². The summed E-state index contributed by atoms with van der Waals surface area (Å²) in [6.45, 7) is 2.22. The topological polar surface area (TPSA) is 51.1 Å². The Balaban J connectivity index is 1.88. The van der Waals surface area contributed by atoms with E-state index in [0.29, 0.717) is 5.69 Å². The van der Waals surface area contributed by atoms with Crippen molar-refractivity contribution in [3.05, 3.63) is 47.5 Å². The van der Waals surface area contributed by atoms with Crippen LogP contribution in [0.3, 0.4) is 0 Å². The molecule has 0 atom stereocenters. The lowest BCUT2D eigenvalue weighted by Crippen LogP contribution is -1.92. The third-order valence-corrected chi connectivity index (χ3v) is 2.88. The van der Waals surface area contributed by atoms with Crippen molar-refractivity contribution in [3.8, 4) is 17.2 Å². The van der Waals surface area contributed by atoms with Crippen molar-refractivity contribution < 1.29 is 14.6 Å². The van der Waals surface area contributed by atoms with Gasteiger partial charge in [0.05, 0.1) is 0 Å². The number of aliphatic imine (C=N–C) groups is 1. The fourth-order valence-corrected chi connectivity index (χ4v) is 1.87. The van der Waals surface area contributed by atoms with Crippen LogP contribution in [-0.2, 0) is 0 Å². The number of phenols is 1. The number of ether oxygens (including phenoxy) is 2. The highest BCUT2D eigenvalue weighted by atomic mass is 16.7. The molecule has 1 N–H and O–H groups in total. The number of hydrogen-bond donors (Lipinski definition) is 1. The van der Waals surface area contributed by atoms with E-state index >= 15 is 0 Å². The van der Waals surface area contributed by atoms with Gasteiger partial charge in [0.25, 0.3) is 0 Å². The average Bonchev–Trinajstić information content (AvgIpc) is 2.87. The maximum atomic E-state index is 9.71. The molecule has 0 radical (unpaired) electrons. The fourth-order valence-electron chi connectivity index (χ4n) is 1.87. The van der Waals surface area contributed by atoms with Gasteiger partial charge in [-0.2, -0.15) is 0 Å². The van der Waals surface area contributed by atoms with E-state index < -0.39 is 0 Å². The molecule has 1 aliphatic heterocycles. The Hall–Kier alpha value is -2.49. The maximum Gasteiger partial charge on any atom is 0.231 e. The van der Waals surface area contributed by atoms with Crippen molar-refractivity contribution in [1.29, 1.82) is 0 Å². The van der Waals surface area contributed by atoms with Gasteiger partial charge in [-0.25, -0.2) is 0 Å². The van der Waals surface area contributed by atoms with E-state index in [1.165, 1.54) is 0 Å². The molecule has 2 aromatic rings. The van der Waals surface area contributed by atoms with Gasteiger partial charge in [-0.15, -0.1) is 0 Å². The quantitative estimate of drug-likeness (QED) is 0.838. The minimum Gasteiger partial charge on any atom is -0.506 e. The molecule has 0 aromatic heterocycles. The molecule has 1 heterocycles. The molecule has 96 valence electrons. The molecule has 4 nitrogen and oxygen atoms in total. The zero-order valence-corrected chi connectivity index (χ0v) is 10.5. The van der Waals surface area contributed by atoms with Gasteiger partial charge in [0.1, 0.15) is 11.4 Å². The highest BCUT2D eigenvalue weighted by Gasteiger charge is 2.12. The molecule has 0 aliphatic carbocycles. The average molecular weight is 255 g/mol. The van der Waals surface area contributed by atoms with E-state index in [-0.39, 0.29) is 12.5 Å². The number of hydrogen-bond acceptors (Lipinski definition) is 4. The monoisotopic (exact) mass is 255 g/mol. The molecule has 0 saturated carbocycles. The third-order valence-electron chi connectivity index (χ3n) is 2.88. The first-order chi connectivity index (χ1) is 9.22. The van der Waals surface area contributed by atoms with Crippen LogP contribution < -0.4 is 9.47 Å². The number of phenolic OH excluding ortho intramolecular Hbond substituents is 1. The molecular formula is C15H13NO3. The Morgan fingerprint density at radius 1 is 1.11 bits per heavy atom. The fraction of sp³-hybridized carbons (Fsp3) is 0.133. The Morgan fingerprint density at radius 3 is 2.84 bits per heavy atom. The number of aryl methyl sites for hydroxylation is 1. The van der Waals surface area contributed by atoms with Crippen LogP contribution in [0, 0.1) is 6.92 Å². The summed E-state index contributed by atoms with van der Waals surface area (Å²) in [5.74, 6) is 1.63. The molecule has 0 amide bonds. The first-order valence-corrected chi connectivity index (χ1v) is 5.96. The lowest BCUT2D eigenvalue weighted by molar-refractivity contribution is 0.174. The zero-order chi connectivity index (χ0) is 13.2. The number of benzene rings is 2. The Labute approximate surface area is 110 Å². The molecular weight excluding hydrogens is 242 g/mol. The van der Waals surface area contributed by atoms with Crippen LogP contribution >= 0.6 is 0 Å². The first-order valence-electron chi connectivity index (χ1n) is 5.96. The lowest BCUT2D eigenvalue weighted by Gasteiger charge is -2.00. The number of aromatic hydroxyl groups is 1. The summed E-state index contributed by atoms with van der Waals surface area (Å²) in [7, 11) is 0. The van der Waals surface area contributed by atoms with Gasteiger partial charge in [-0.05, 0) is 48.4 Å². The Morgan fingerprint density at radius 2 is 1.95 bits per heavy atom. The Bertz CT molecular complexity index is 650. The predicted molar refractivity (Wildman–Crippen MR) is 72.7 cm³/mol. The van der Waals surface area contributed by atoms with Gasteiger partial charge in [0.15, 0.2) is 11.5 Å².